The molecule has 0 radical (unpaired) electrons. The molecule has 0 bridgehead atoms. The van der Waals surface area contributed by atoms with Crippen molar-refractivity contribution in [3.8, 4) is 0 Å². The molecule has 0 aromatic rings. The molecule has 0 unspecified atom stereocenters. The Kier molecular flexibility index (Phi) is 4.90. The predicted molar refractivity (Wildman–Crippen MR) is 67.1 cm³/mol. The van der Waals surface area contributed by atoms with E-state index in [0.29, 0.717) is 26.1 Å². The molecule has 4 nitrogen and oxygen atoms in total. The largest absolute Gasteiger partial charge is 0.415 e. The lowest BCUT2D eigenvalue weighted by Crippen LogP contribution is -2.50. The molecule has 2 saturated heterocycles. The van der Waals surface area contributed by atoms with E-state index in [0.717, 1.165) is 19.3 Å². The second kappa shape index (κ2) is 6.30. The van der Waals surface area contributed by atoms with Crippen LogP contribution in [-0.4, -0.2) is 65.3 Å². The van der Waals surface area contributed by atoms with Gasteiger partial charge in [0.25, 0.3) is 0 Å². The van der Waals surface area contributed by atoms with Crippen molar-refractivity contribution in [3.05, 3.63) is 0 Å². The van der Waals surface area contributed by atoms with Crippen LogP contribution in [0.3, 0.4) is 0 Å². The van der Waals surface area contributed by atoms with Gasteiger partial charge in [0.15, 0.2) is 6.10 Å². The Labute approximate surface area is 116 Å². The Hall–Kier alpha value is -0.820. The third-order valence-corrected chi connectivity index (χ3v) is 4.16. The Balaban J connectivity index is 1.92. The number of likely N-dealkylation sites (tertiary alicyclic amines) is 2. The first-order valence-corrected chi connectivity index (χ1v) is 7.16. The number of aliphatic hydroxyl groups is 1. The summed E-state index contributed by atoms with van der Waals surface area (Å²) in [6.45, 7) is 1.81. The van der Waals surface area contributed by atoms with Crippen molar-refractivity contribution < 1.29 is 23.1 Å². The normalized spacial score (nSPS) is 26.8. The SMILES string of the molecule is O=C(CN1CCC[C@@H]1[C@H](O)C(F)(F)F)N1CCCCC1. The third kappa shape index (κ3) is 3.63. The second-order valence-electron chi connectivity index (χ2n) is 5.61. The molecule has 0 aromatic heterocycles. The van der Waals surface area contributed by atoms with Crippen molar-refractivity contribution in [1.82, 2.24) is 9.80 Å². The fourth-order valence-electron chi connectivity index (χ4n) is 3.04. The van der Waals surface area contributed by atoms with Crippen LogP contribution < -0.4 is 0 Å². The summed E-state index contributed by atoms with van der Waals surface area (Å²) in [5, 5.41) is 9.39. The highest BCUT2D eigenvalue weighted by molar-refractivity contribution is 5.78. The lowest BCUT2D eigenvalue weighted by Gasteiger charge is -2.32. The van der Waals surface area contributed by atoms with Crippen molar-refractivity contribution in [2.24, 2.45) is 0 Å². The van der Waals surface area contributed by atoms with E-state index in [9.17, 15) is 23.1 Å². The molecule has 0 aromatic carbocycles. The van der Waals surface area contributed by atoms with E-state index in [4.69, 9.17) is 0 Å². The molecule has 2 heterocycles. The molecule has 2 fully saturated rings. The number of piperidine rings is 1. The molecule has 2 aliphatic rings. The minimum Gasteiger partial charge on any atom is -0.382 e. The predicted octanol–water partition coefficient (Wildman–Crippen LogP) is 1.39. The molecule has 1 amide bonds. The standard InChI is InChI=1S/C13H21F3N2O2/c14-13(15,16)12(20)10-5-4-8-18(10)9-11(19)17-6-2-1-3-7-17/h10,12,20H,1-9H2/t10-,12+/m1/s1. The Bertz CT molecular complexity index is 343. The number of amides is 1. The second-order valence-corrected chi connectivity index (χ2v) is 5.61. The number of alkyl halides is 3. The maximum absolute atomic E-state index is 12.6. The summed E-state index contributed by atoms with van der Waals surface area (Å²) in [6, 6.07) is -0.983. The Morgan fingerprint density at radius 2 is 1.80 bits per heavy atom. The van der Waals surface area contributed by atoms with Crippen molar-refractivity contribution in [2.45, 2.75) is 50.4 Å². The van der Waals surface area contributed by atoms with Gasteiger partial charge in [-0.25, -0.2) is 0 Å². The zero-order valence-corrected chi connectivity index (χ0v) is 11.4. The zero-order chi connectivity index (χ0) is 14.8. The number of hydrogen-bond acceptors (Lipinski definition) is 3. The first kappa shape index (κ1) is 15.6. The van der Waals surface area contributed by atoms with Crippen LogP contribution in [0.15, 0.2) is 0 Å². The third-order valence-electron chi connectivity index (χ3n) is 4.16. The van der Waals surface area contributed by atoms with Gasteiger partial charge in [0.1, 0.15) is 0 Å². The summed E-state index contributed by atoms with van der Waals surface area (Å²) in [4.78, 5) is 15.3. The number of carbonyl (C=O) groups is 1. The molecular formula is C13H21F3N2O2. The van der Waals surface area contributed by atoms with E-state index in [1.54, 1.807) is 4.90 Å². The smallest absolute Gasteiger partial charge is 0.382 e. The molecule has 20 heavy (non-hydrogen) atoms. The molecule has 0 saturated carbocycles. The Morgan fingerprint density at radius 1 is 1.15 bits per heavy atom. The van der Waals surface area contributed by atoms with Crippen LogP contribution in [0, 0.1) is 0 Å². The summed E-state index contributed by atoms with van der Waals surface area (Å²) in [7, 11) is 0. The van der Waals surface area contributed by atoms with Crippen molar-refractivity contribution in [3.63, 3.8) is 0 Å². The maximum Gasteiger partial charge on any atom is 0.415 e. The van der Waals surface area contributed by atoms with E-state index in [1.807, 2.05) is 0 Å². The molecule has 2 rings (SSSR count). The van der Waals surface area contributed by atoms with Crippen LogP contribution >= 0.6 is 0 Å². The summed E-state index contributed by atoms with van der Waals surface area (Å²) in [6.07, 6.45) is -3.09. The van der Waals surface area contributed by atoms with Gasteiger partial charge in [0.05, 0.1) is 6.54 Å². The van der Waals surface area contributed by atoms with Gasteiger partial charge in [-0.1, -0.05) is 0 Å². The van der Waals surface area contributed by atoms with Crippen LogP contribution in [0.1, 0.15) is 32.1 Å². The van der Waals surface area contributed by atoms with Crippen LogP contribution in [0.4, 0.5) is 13.2 Å². The van der Waals surface area contributed by atoms with Crippen molar-refractivity contribution in [2.75, 3.05) is 26.2 Å². The average Bonchev–Trinajstić information content (AvgIpc) is 2.85. The summed E-state index contributed by atoms with van der Waals surface area (Å²) in [5.74, 6) is -0.119. The number of aliphatic hydroxyl groups excluding tert-OH is 1. The van der Waals surface area contributed by atoms with Gasteiger partial charge in [-0.15, -0.1) is 0 Å². The highest BCUT2D eigenvalue weighted by Crippen LogP contribution is 2.30. The van der Waals surface area contributed by atoms with Crippen LogP contribution in [0.5, 0.6) is 0 Å². The van der Waals surface area contributed by atoms with Gasteiger partial charge < -0.3 is 10.0 Å². The number of hydrogen-bond donors (Lipinski definition) is 1. The van der Waals surface area contributed by atoms with Gasteiger partial charge in [0, 0.05) is 19.1 Å². The fraction of sp³-hybridized carbons (Fsp3) is 0.923. The van der Waals surface area contributed by atoms with E-state index in [-0.39, 0.29) is 18.9 Å². The minimum absolute atomic E-state index is 0.0161. The van der Waals surface area contributed by atoms with E-state index in [2.05, 4.69) is 0 Å². The Morgan fingerprint density at radius 3 is 2.40 bits per heavy atom. The molecule has 116 valence electrons. The van der Waals surface area contributed by atoms with Crippen molar-refractivity contribution >= 4 is 5.91 Å². The molecule has 1 N–H and O–H groups in total. The zero-order valence-electron chi connectivity index (χ0n) is 11.4. The molecular weight excluding hydrogens is 273 g/mol. The number of nitrogens with zero attached hydrogens (tertiary/aromatic N) is 2. The number of rotatable bonds is 3. The van der Waals surface area contributed by atoms with E-state index in [1.165, 1.54) is 4.90 Å². The summed E-state index contributed by atoms with van der Waals surface area (Å²) >= 11 is 0. The molecule has 0 spiro atoms. The maximum atomic E-state index is 12.6. The molecule has 7 heteroatoms. The van der Waals surface area contributed by atoms with Gasteiger partial charge in [-0.2, -0.15) is 13.2 Å². The number of carbonyl (C=O) groups excluding carboxylic acids is 1. The molecule has 2 aliphatic heterocycles. The van der Waals surface area contributed by atoms with Gasteiger partial charge in [0.2, 0.25) is 5.91 Å². The summed E-state index contributed by atoms with van der Waals surface area (Å²) in [5.41, 5.74) is 0. The van der Waals surface area contributed by atoms with Crippen LogP contribution in [0.25, 0.3) is 0 Å². The van der Waals surface area contributed by atoms with Crippen LogP contribution in [-0.2, 0) is 4.79 Å². The van der Waals surface area contributed by atoms with Crippen molar-refractivity contribution in [1.29, 1.82) is 0 Å². The average molecular weight is 294 g/mol. The quantitative estimate of drug-likeness (QED) is 0.855. The van der Waals surface area contributed by atoms with E-state index >= 15 is 0 Å². The van der Waals surface area contributed by atoms with Gasteiger partial charge >= 0.3 is 6.18 Å². The van der Waals surface area contributed by atoms with Gasteiger partial charge in [-0.05, 0) is 38.6 Å². The fourth-order valence-corrected chi connectivity index (χ4v) is 3.04. The topological polar surface area (TPSA) is 43.8 Å². The van der Waals surface area contributed by atoms with Gasteiger partial charge in [-0.3, -0.25) is 9.69 Å². The lowest BCUT2D eigenvalue weighted by molar-refractivity contribution is -0.219. The van der Waals surface area contributed by atoms with E-state index < -0.39 is 18.3 Å². The highest BCUT2D eigenvalue weighted by atomic mass is 19.4. The number of halogens is 3. The highest BCUT2D eigenvalue weighted by Gasteiger charge is 2.47. The first-order valence-electron chi connectivity index (χ1n) is 7.16. The molecule has 2 atom stereocenters. The lowest BCUT2D eigenvalue weighted by atomic mass is 10.1. The first-order chi connectivity index (χ1) is 9.39. The minimum atomic E-state index is -4.62. The monoisotopic (exact) mass is 294 g/mol. The summed E-state index contributed by atoms with van der Waals surface area (Å²) < 4.78 is 37.8. The molecule has 0 aliphatic carbocycles. The van der Waals surface area contributed by atoms with Crippen LogP contribution in [0.2, 0.25) is 0 Å².